The summed E-state index contributed by atoms with van der Waals surface area (Å²) in [5, 5.41) is 19.7. The van der Waals surface area contributed by atoms with E-state index < -0.39 is 0 Å². The molecule has 21 heavy (non-hydrogen) atoms. The zero-order chi connectivity index (χ0) is 15.6. The molecular formula is C13H16N6OS. The maximum Gasteiger partial charge on any atom is 0.263 e. The van der Waals surface area contributed by atoms with Gasteiger partial charge in [0.2, 0.25) is 0 Å². The van der Waals surface area contributed by atoms with Crippen LogP contribution in [0.25, 0.3) is 0 Å². The molecule has 110 valence electrons. The van der Waals surface area contributed by atoms with Gasteiger partial charge in [0, 0.05) is 32.4 Å². The van der Waals surface area contributed by atoms with Gasteiger partial charge >= 0.3 is 0 Å². The third-order valence-corrected chi connectivity index (χ3v) is 4.21. The number of nitrogen functional groups attached to an aromatic ring is 1. The van der Waals surface area contributed by atoms with Crippen LogP contribution in [0, 0.1) is 18.3 Å². The fourth-order valence-electron chi connectivity index (χ4n) is 1.96. The smallest absolute Gasteiger partial charge is 0.263 e. The summed E-state index contributed by atoms with van der Waals surface area (Å²) in [7, 11) is 3.38. The van der Waals surface area contributed by atoms with Gasteiger partial charge in [0.1, 0.15) is 21.5 Å². The van der Waals surface area contributed by atoms with Crippen LogP contribution in [0.3, 0.4) is 0 Å². The molecular weight excluding hydrogens is 288 g/mol. The molecule has 0 aliphatic rings. The van der Waals surface area contributed by atoms with E-state index in [-0.39, 0.29) is 11.6 Å². The van der Waals surface area contributed by atoms with Crippen molar-refractivity contribution in [2.45, 2.75) is 13.5 Å². The van der Waals surface area contributed by atoms with Gasteiger partial charge in [-0.25, -0.2) is 0 Å². The fourth-order valence-corrected chi connectivity index (χ4v) is 2.97. The largest absolute Gasteiger partial charge is 0.396 e. The van der Waals surface area contributed by atoms with Crippen molar-refractivity contribution in [3.63, 3.8) is 0 Å². The SMILES string of the molecule is CNC(=O)c1sc(NCc2cn(C)nc2C)c(C#N)c1N. The van der Waals surface area contributed by atoms with Crippen molar-refractivity contribution >= 4 is 27.9 Å². The summed E-state index contributed by atoms with van der Waals surface area (Å²) in [5.74, 6) is -0.292. The minimum atomic E-state index is -0.292. The Balaban J connectivity index is 2.26. The molecule has 2 rings (SSSR count). The molecule has 0 aliphatic heterocycles. The third-order valence-electron chi connectivity index (χ3n) is 3.04. The second kappa shape index (κ2) is 5.85. The number of carbonyl (C=O) groups is 1. The zero-order valence-corrected chi connectivity index (χ0v) is 12.8. The summed E-state index contributed by atoms with van der Waals surface area (Å²) in [6, 6.07) is 2.04. The van der Waals surface area contributed by atoms with Crippen molar-refractivity contribution in [1.82, 2.24) is 15.1 Å². The van der Waals surface area contributed by atoms with E-state index >= 15 is 0 Å². The van der Waals surface area contributed by atoms with Crippen LogP contribution in [0.15, 0.2) is 6.20 Å². The number of nitrogens with two attached hydrogens (primary N) is 1. The summed E-state index contributed by atoms with van der Waals surface area (Å²) in [5.41, 5.74) is 8.32. The first-order valence-corrected chi connectivity index (χ1v) is 7.07. The van der Waals surface area contributed by atoms with E-state index in [2.05, 4.69) is 15.7 Å². The van der Waals surface area contributed by atoms with Gasteiger partial charge in [-0.1, -0.05) is 0 Å². The van der Waals surface area contributed by atoms with Crippen LogP contribution in [-0.2, 0) is 13.6 Å². The monoisotopic (exact) mass is 304 g/mol. The zero-order valence-electron chi connectivity index (χ0n) is 12.0. The first-order valence-electron chi connectivity index (χ1n) is 6.25. The summed E-state index contributed by atoms with van der Waals surface area (Å²) in [6.07, 6.45) is 1.91. The highest BCUT2D eigenvalue weighted by atomic mass is 32.1. The molecule has 0 unspecified atom stereocenters. The molecule has 0 bridgehead atoms. The van der Waals surface area contributed by atoms with E-state index in [9.17, 15) is 10.1 Å². The van der Waals surface area contributed by atoms with Gasteiger partial charge in [0.15, 0.2) is 0 Å². The molecule has 0 aliphatic carbocycles. The summed E-state index contributed by atoms with van der Waals surface area (Å²) in [6.45, 7) is 2.43. The van der Waals surface area contributed by atoms with E-state index in [1.54, 1.807) is 4.68 Å². The lowest BCUT2D eigenvalue weighted by Crippen LogP contribution is -2.17. The van der Waals surface area contributed by atoms with Gasteiger partial charge in [0.25, 0.3) is 5.91 Å². The minimum absolute atomic E-state index is 0.215. The van der Waals surface area contributed by atoms with E-state index in [1.807, 2.05) is 26.2 Å². The quantitative estimate of drug-likeness (QED) is 0.787. The summed E-state index contributed by atoms with van der Waals surface area (Å²) < 4.78 is 1.73. The highest BCUT2D eigenvalue weighted by Crippen LogP contribution is 2.35. The van der Waals surface area contributed by atoms with Gasteiger partial charge in [-0.15, -0.1) is 11.3 Å². The van der Waals surface area contributed by atoms with E-state index in [0.717, 1.165) is 11.3 Å². The standard InChI is InChI=1S/C13H16N6OS/c1-7-8(6-19(3)18-7)5-17-13-9(4-14)10(15)11(21-13)12(20)16-2/h6,17H,5,15H2,1-3H3,(H,16,20). The van der Waals surface area contributed by atoms with Crippen molar-refractivity contribution in [3.8, 4) is 6.07 Å². The van der Waals surface area contributed by atoms with Crippen LogP contribution in [0.2, 0.25) is 0 Å². The number of carbonyl (C=O) groups excluding carboxylic acids is 1. The van der Waals surface area contributed by atoms with Crippen molar-refractivity contribution in [3.05, 3.63) is 27.9 Å². The molecule has 0 spiro atoms. The number of thiophene rings is 1. The lowest BCUT2D eigenvalue weighted by atomic mass is 10.2. The van der Waals surface area contributed by atoms with Gasteiger partial charge < -0.3 is 16.4 Å². The molecule has 2 aromatic rings. The van der Waals surface area contributed by atoms with Gasteiger partial charge in [-0.05, 0) is 6.92 Å². The number of rotatable bonds is 4. The predicted molar refractivity (Wildman–Crippen MR) is 82.1 cm³/mol. The molecule has 0 radical (unpaired) electrons. The molecule has 4 N–H and O–H groups in total. The van der Waals surface area contributed by atoms with Crippen LogP contribution in [-0.4, -0.2) is 22.7 Å². The Hall–Kier alpha value is -2.53. The summed E-state index contributed by atoms with van der Waals surface area (Å²) in [4.78, 5) is 12.1. The molecule has 0 fully saturated rings. The van der Waals surface area contributed by atoms with Gasteiger partial charge in [0.05, 0.1) is 11.4 Å². The number of nitriles is 1. The van der Waals surface area contributed by atoms with Crippen LogP contribution >= 0.6 is 11.3 Å². The maximum absolute atomic E-state index is 11.7. The van der Waals surface area contributed by atoms with Crippen LogP contribution in [0.5, 0.6) is 0 Å². The van der Waals surface area contributed by atoms with E-state index in [1.165, 1.54) is 18.4 Å². The fraction of sp³-hybridized carbons (Fsp3) is 0.308. The number of aromatic nitrogens is 2. The van der Waals surface area contributed by atoms with Crippen molar-refractivity contribution in [1.29, 1.82) is 5.26 Å². The lowest BCUT2D eigenvalue weighted by Gasteiger charge is -2.02. The van der Waals surface area contributed by atoms with Crippen LogP contribution in [0.4, 0.5) is 10.7 Å². The molecule has 0 saturated carbocycles. The Morgan fingerprint density at radius 2 is 2.33 bits per heavy atom. The molecule has 0 atom stereocenters. The van der Waals surface area contributed by atoms with Crippen molar-refractivity contribution in [2.24, 2.45) is 7.05 Å². The molecule has 8 heteroatoms. The van der Waals surface area contributed by atoms with Crippen molar-refractivity contribution < 1.29 is 4.79 Å². The van der Waals surface area contributed by atoms with Crippen molar-refractivity contribution in [2.75, 3.05) is 18.1 Å². The minimum Gasteiger partial charge on any atom is -0.396 e. The molecule has 0 aromatic carbocycles. The Morgan fingerprint density at radius 3 is 2.86 bits per heavy atom. The third kappa shape index (κ3) is 2.83. The second-order valence-corrected chi connectivity index (χ2v) is 5.53. The molecule has 2 aromatic heterocycles. The first kappa shape index (κ1) is 14.9. The number of hydrogen-bond acceptors (Lipinski definition) is 6. The Kier molecular flexibility index (Phi) is 4.14. The maximum atomic E-state index is 11.7. The highest BCUT2D eigenvalue weighted by Gasteiger charge is 2.20. The Labute approximate surface area is 126 Å². The molecule has 1 amide bonds. The van der Waals surface area contributed by atoms with Crippen LogP contribution in [0.1, 0.15) is 26.5 Å². The number of aryl methyl sites for hydroxylation is 2. The second-order valence-electron chi connectivity index (χ2n) is 4.51. The average Bonchev–Trinajstić information content (AvgIpc) is 2.94. The number of anilines is 2. The molecule has 2 heterocycles. The average molecular weight is 304 g/mol. The van der Waals surface area contributed by atoms with Gasteiger partial charge in [-0.3, -0.25) is 9.48 Å². The number of nitrogens with one attached hydrogen (secondary N) is 2. The van der Waals surface area contributed by atoms with E-state index in [4.69, 9.17) is 5.73 Å². The number of hydrogen-bond donors (Lipinski definition) is 3. The highest BCUT2D eigenvalue weighted by molar-refractivity contribution is 7.18. The lowest BCUT2D eigenvalue weighted by molar-refractivity contribution is 0.0968. The number of amides is 1. The van der Waals surface area contributed by atoms with E-state index in [0.29, 0.717) is 22.0 Å². The first-order chi connectivity index (χ1) is 9.97. The molecule has 0 saturated heterocycles. The van der Waals surface area contributed by atoms with Crippen LogP contribution < -0.4 is 16.4 Å². The Bertz CT molecular complexity index is 724. The Morgan fingerprint density at radius 1 is 1.62 bits per heavy atom. The summed E-state index contributed by atoms with van der Waals surface area (Å²) >= 11 is 1.18. The molecule has 7 nitrogen and oxygen atoms in total. The predicted octanol–water partition coefficient (Wildman–Crippen LogP) is 1.22. The normalized spacial score (nSPS) is 10.2. The number of nitrogens with zero attached hydrogens (tertiary/aromatic N) is 3. The van der Waals surface area contributed by atoms with Gasteiger partial charge in [-0.2, -0.15) is 10.4 Å². The topological polar surface area (TPSA) is 109 Å².